The molecule has 0 fully saturated rings. The maximum atomic E-state index is 12.2. The summed E-state index contributed by atoms with van der Waals surface area (Å²) < 4.78 is 4.97. The first kappa shape index (κ1) is 18.0. The second-order valence-corrected chi connectivity index (χ2v) is 6.40. The molecule has 5 nitrogen and oxygen atoms in total. The van der Waals surface area contributed by atoms with Crippen molar-refractivity contribution in [1.82, 2.24) is 0 Å². The maximum Gasteiger partial charge on any atom is 0.348 e. The summed E-state index contributed by atoms with van der Waals surface area (Å²) in [5.74, 6) is -0.764. The van der Waals surface area contributed by atoms with Gasteiger partial charge < -0.3 is 10.1 Å². The molecule has 0 aliphatic heterocycles. The lowest BCUT2D eigenvalue weighted by Gasteiger charge is -2.04. The number of benzene rings is 1. The van der Waals surface area contributed by atoms with Gasteiger partial charge in [-0.1, -0.05) is 23.7 Å². The van der Waals surface area contributed by atoms with Crippen molar-refractivity contribution < 1.29 is 14.3 Å². The van der Waals surface area contributed by atoms with Crippen molar-refractivity contribution in [2.75, 3.05) is 11.9 Å². The molecule has 24 heavy (non-hydrogen) atoms. The first-order valence-corrected chi connectivity index (χ1v) is 8.40. The first-order chi connectivity index (χ1) is 11.5. The van der Waals surface area contributed by atoms with Gasteiger partial charge in [0.05, 0.1) is 18.6 Å². The minimum atomic E-state index is -0.491. The average Bonchev–Trinajstić information content (AvgIpc) is 2.85. The predicted octanol–water partition coefficient (Wildman–Crippen LogP) is 3.94. The monoisotopic (exact) mass is 362 g/mol. The summed E-state index contributed by atoms with van der Waals surface area (Å²) in [7, 11) is 0. The number of amides is 1. The summed E-state index contributed by atoms with van der Waals surface area (Å²) in [6.45, 7) is 3.62. The molecule has 2 aromatic rings. The number of nitrogens with one attached hydrogen (secondary N) is 1. The second-order valence-electron chi connectivity index (χ2n) is 4.94. The fourth-order valence-electron chi connectivity index (χ4n) is 2.09. The van der Waals surface area contributed by atoms with Gasteiger partial charge in [-0.2, -0.15) is 5.26 Å². The highest BCUT2D eigenvalue weighted by Crippen LogP contribution is 2.33. The summed E-state index contributed by atoms with van der Waals surface area (Å²) in [6.07, 6.45) is 0.147. The lowest BCUT2D eigenvalue weighted by atomic mass is 10.1. The molecule has 0 aliphatic rings. The third kappa shape index (κ3) is 4.13. The maximum absolute atomic E-state index is 12.2. The Hall–Kier alpha value is -2.36. The number of anilines is 1. The number of hydrogen-bond donors (Lipinski definition) is 1. The smallest absolute Gasteiger partial charge is 0.348 e. The predicted molar refractivity (Wildman–Crippen MR) is 93.5 cm³/mol. The van der Waals surface area contributed by atoms with Crippen LogP contribution in [0.2, 0.25) is 5.02 Å². The van der Waals surface area contributed by atoms with Crippen molar-refractivity contribution in [1.29, 1.82) is 5.26 Å². The van der Waals surface area contributed by atoms with Crippen LogP contribution in [-0.4, -0.2) is 18.5 Å². The average molecular weight is 363 g/mol. The fraction of sp³-hybridized carbons (Fsp3) is 0.235. The minimum Gasteiger partial charge on any atom is -0.462 e. The molecule has 0 aliphatic carbocycles. The van der Waals surface area contributed by atoms with E-state index in [0.29, 0.717) is 20.5 Å². The molecule has 1 amide bonds. The number of hydrogen-bond acceptors (Lipinski definition) is 5. The van der Waals surface area contributed by atoms with Gasteiger partial charge in [0.15, 0.2) is 0 Å². The van der Waals surface area contributed by atoms with Gasteiger partial charge in [0.2, 0.25) is 5.91 Å². The van der Waals surface area contributed by atoms with E-state index in [1.165, 1.54) is 0 Å². The number of ether oxygens (including phenoxy) is 1. The van der Waals surface area contributed by atoms with Crippen molar-refractivity contribution in [2.24, 2.45) is 0 Å². The van der Waals surface area contributed by atoms with E-state index in [-0.39, 0.29) is 24.5 Å². The molecule has 0 atom stereocenters. The molecular weight excluding hydrogens is 348 g/mol. The first-order valence-electron chi connectivity index (χ1n) is 7.21. The molecule has 0 unspecified atom stereocenters. The van der Waals surface area contributed by atoms with E-state index in [1.807, 2.05) is 6.07 Å². The van der Waals surface area contributed by atoms with Crippen molar-refractivity contribution in [3.8, 4) is 6.07 Å². The van der Waals surface area contributed by atoms with E-state index in [4.69, 9.17) is 16.3 Å². The van der Waals surface area contributed by atoms with Crippen LogP contribution in [0.15, 0.2) is 24.3 Å². The van der Waals surface area contributed by atoms with Crippen LogP contribution in [0.5, 0.6) is 0 Å². The number of rotatable bonds is 5. The lowest BCUT2D eigenvalue weighted by Crippen LogP contribution is -2.14. The highest BCUT2D eigenvalue weighted by atomic mass is 35.5. The second kappa shape index (κ2) is 7.95. The molecule has 2 rings (SSSR count). The molecule has 1 aromatic heterocycles. The van der Waals surface area contributed by atoms with Gasteiger partial charge in [0.25, 0.3) is 0 Å². The van der Waals surface area contributed by atoms with Crippen LogP contribution in [0.3, 0.4) is 0 Å². The Kier molecular flexibility index (Phi) is 5.96. The SMILES string of the molecule is CCOC(=O)c1sc(NC(=O)Cc2ccc(Cl)cc2)c(C#N)c1C. The highest BCUT2D eigenvalue weighted by molar-refractivity contribution is 7.18. The van der Waals surface area contributed by atoms with Gasteiger partial charge in [-0.25, -0.2) is 4.79 Å². The normalized spacial score (nSPS) is 10.1. The number of thiophene rings is 1. The zero-order chi connectivity index (χ0) is 17.7. The lowest BCUT2D eigenvalue weighted by molar-refractivity contribution is -0.115. The Balaban J connectivity index is 2.18. The molecule has 0 radical (unpaired) electrons. The van der Waals surface area contributed by atoms with Crippen LogP contribution in [-0.2, 0) is 16.0 Å². The molecule has 124 valence electrons. The van der Waals surface area contributed by atoms with Crippen LogP contribution < -0.4 is 5.32 Å². The van der Waals surface area contributed by atoms with Crippen LogP contribution >= 0.6 is 22.9 Å². The Morgan fingerprint density at radius 3 is 2.58 bits per heavy atom. The summed E-state index contributed by atoms with van der Waals surface area (Å²) in [5.41, 5.74) is 1.60. The van der Waals surface area contributed by atoms with E-state index < -0.39 is 5.97 Å². The number of nitriles is 1. The number of carbonyl (C=O) groups excluding carboxylic acids is 2. The van der Waals surface area contributed by atoms with Crippen molar-refractivity contribution in [2.45, 2.75) is 20.3 Å². The Morgan fingerprint density at radius 1 is 1.33 bits per heavy atom. The standard InChI is InChI=1S/C17H15ClN2O3S/c1-3-23-17(22)15-10(2)13(9-19)16(24-15)20-14(21)8-11-4-6-12(18)7-5-11/h4-7H,3,8H2,1-2H3,(H,20,21). The van der Waals surface area contributed by atoms with Crippen LogP contribution in [0.1, 0.15) is 33.3 Å². The zero-order valence-electron chi connectivity index (χ0n) is 13.2. The van der Waals surface area contributed by atoms with Crippen molar-refractivity contribution in [3.05, 3.63) is 50.9 Å². The van der Waals surface area contributed by atoms with Gasteiger partial charge in [-0.05, 0) is 37.1 Å². The molecule has 0 bridgehead atoms. The Morgan fingerprint density at radius 2 is 2.00 bits per heavy atom. The third-order valence-corrected chi connectivity index (χ3v) is 4.69. The summed E-state index contributed by atoms with van der Waals surface area (Å²) in [5, 5.41) is 12.9. The van der Waals surface area contributed by atoms with Crippen molar-refractivity contribution >= 4 is 39.8 Å². The van der Waals surface area contributed by atoms with E-state index in [2.05, 4.69) is 5.32 Å². The number of carbonyl (C=O) groups is 2. The number of halogens is 1. The van der Waals surface area contributed by atoms with Gasteiger partial charge in [-0.15, -0.1) is 11.3 Å². The van der Waals surface area contributed by atoms with E-state index in [1.54, 1.807) is 38.1 Å². The Labute approximate surface area is 148 Å². The largest absolute Gasteiger partial charge is 0.462 e. The summed E-state index contributed by atoms with van der Waals surface area (Å²) >= 11 is 6.86. The third-order valence-electron chi connectivity index (χ3n) is 3.25. The quantitative estimate of drug-likeness (QED) is 0.817. The molecule has 0 spiro atoms. The number of esters is 1. The molecule has 7 heteroatoms. The van der Waals surface area contributed by atoms with Gasteiger partial charge in [0, 0.05) is 5.02 Å². The van der Waals surface area contributed by atoms with Gasteiger partial charge in [0.1, 0.15) is 15.9 Å². The molecule has 0 saturated carbocycles. The number of nitrogens with zero attached hydrogens (tertiary/aromatic N) is 1. The molecule has 1 heterocycles. The van der Waals surface area contributed by atoms with Crippen molar-refractivity contribution in [3.63, 3.8) is 0 Å². The van der Waals surface area contributed by atoms with E-state index in [9.17, 15) is 14.9 Å². The Bertz CT molecular complexity index is 806. The van der Waals surface area contributed by atoms with Crippen LogP contribution in [0.4, 0.5) is 5.00 Å². The molecule has 1 N–H and O–H groups in total. The van der Waals surface area contributed by atoms with E-state index >= 15 is 0 Å². The minimum absolute atomic E-state index is 0.147. The molecule has 1 aromatic carbocycles. The topological polar surface area (TPSA) is 79.2 Å². The molecular formula is C17H15ClN2O3S. The van der Waals surface area contributed by atoms with E-state index in [0.717, 1.165) is 16.9 Å². The summed E-state index contributed by atoms with van der Waals surface area (Å²) in [6, 6.07) is 8.96. The highest BCUT2D eigenvalue weighted by Gasteiger charge is 2.22. The molecule has 0 saturated heterocycles. The summed E-state index contributed by atoms with van der Waals surface area (Å²) in [4.78, 5) is 24.4. The zero-order valence-corrected chi connectivity index (χ0v) is 14.8. The van der Waals surface area contributed by atoms with Crippen LogP contribution in [0, 0.1) is 18.3 Å². The van der Waals surface area contributed by atoms with Crippen LogP contribution in [0.25, 0.3) is 0 Å². The van der Waals surface area contributed by atoms with Gasteiger partial charge >= 0.3 is 5.97 Å². The van der Waals surface area contributed by atoms with Gasteiger partial charge in [-0.3, -0.25) is 4.79 Å². The fourth-order valence-corrected chi connectivity index (χ4v) is 3.28.